The van der Waals surface area contributed by atoms with E-state index in [0.717, 1.165) is 11.3 Å². The van der Waals surface area contributed by atoms with Crippen LogP contribution < -0.4 is 4.74 Å². The fourth-order valence-electron chi connectivity index (χ4n) is 1.31. The molecule has 0 amide bonds. The highest BCUT2D eigenvalue weighted by Crippen LogP contribution is 2.14. The van der Waals surface area contributed by atoms with Crippen LogP contribution >= 0.6 is 0 Å². The van der Waals surface area contributed by atoms with Gasteiger partial charge in [-0.3, -0.25) is 4.79 Å². The van der Waals surface area contributed by atoms with Crippen LogP contribution in [0.5, 0.6) is 5.75 Å². The molecule has 1 unspecified atom stereocenters. The molecule has 0 aromatic heterocycles. The third kappa shape index (κ3) is 4.72. The second kappa shape index (κ2) is 6.09. The van der Waals surface area contributed by atoms with E-state index in [1.165, 1.54) is 6.08 Å². The first-order valence-electron chi connectivity index (χ1n) is 5.61. The number of carbonyl (C=O) groups is 1. The number of carbonyl (C=O) groups excluding carboxylic acids is 1. The van der Waals surface area contributed by atoms with Crippen molar-refractivity contribution >= 4 is 5.78 Å². The van der Waals surface area contributed by atoms with Crippen LogP contribution in [0.2, 0.25) is 0 Å². The average molecular weight is 233 g/mol. The van der Waals surface area contributed by atoms with Crippen molar-refractivity contribution in [3.8, 4) is 5.75 Å². The summed E-state index contributed by atoms with van der Waals surface area (Å²) >= 11 is 0. The predicted octanol–water partition coefficient (Wildman–Crippen LogP) is 2.41. The van der Waals surface area contributed by atoms with E-state index >= 15 is 0 Å². The zero-order valence-electron chi connectivity index (χ0n) is 10.8. The number of hydrogen-bond acceptors (Lipinski definition) is 3. The minimum absolute atomic E-state index is 0.0415. The summed E-state index contributed by atoms with van der Waals surface area (Å²) in [4.78, 5) is 13.5. The molecule has 0 N–H and O–H groups in total. The third-order valence-electron chi connectivity index (χ3n) is 2.24. The van der Waals surface area contributed by atoms with Gasteiger partial charge in [-0.15, -0.1) is 0 Å². The van der Waals surface area contributed by atoms with Gasteiger partial charge in [0, 0.05) is 26.4 Å². The molecule has 0 saturated carbocycles. The summed E-state index contributed by atoms with van der Waals surface area (Å²) in [5.74, 6) is 0.685. The van der Waals surface area contributed by atoms with Crippen molar-refractivity contribution in [3.63, 3.8) is 0 Å². The maximum atomic E-state index is 11.7. The molecule has 0 saturated heterocycles. The van der Waals surface area contributed by atoms with Gasteiger partial charge in [0.1, 0.15) is 5.75 Å². The molecule has 17 heavy (non-hydrogen) atoms. The summed E-state index contributed by atoms with van der Waals surface area (Å²) < 4.78 is 5.57. The molecule has 0 radical (unpaired) electrons. The molecular formula is C14H19NO2. The van der Waals surface area contributed by atoms with Crippen molar-refractivity contribution in [1.82, 2.24) is 4.90 Å². The molecule has 1 aromatic rings. The Balaban J connectivity index is 2.60. The Hall–Kier alpha value is -1.77. The summed E-state index contributed by atoms with van der Waals surface area (Å²) in [6.45, 7) is 3.75. The number of benzene rings is 1. The molecule has 1 atom stereocenters. The fraction of sp³-hybridized carbons (Fsp3) is 0.357. The van der Waals surface area contributed by atoms with Crippen molar-refractivity contribution in [2.24, 2.45) is 0 Å². The highest BCUT2D eigenvalue weighted by molar-refractivity contribution is 5.93. The lowest BCUT2D eigenvalue weighted by Gasteiger charge is -2.12. The zero-order valence-corrected chi connectivity index (χ0v) is 10.8. The van der Waals surface area contributed by atoms with Crippen LogP contribution in [-0.4, -0.2) is 30.9 Å². The van der Waals surface area contributed by atoms with Crippen LogP contribution in [0.15, 0.2) is 36.5 Å². The Labute approximate surface area is 103 Å². The zero-order chi connectivity index (χ0) is 12.8. The minimum atomic E-state index is -0.465. The lowest BCUT2D eigenvalue weighted by atomic mass is 10.2. The average Bonchev–Trinajstić information content (AvgIpc) is 2.25. The van der Waals surface area contributed by atoms with Crippen molar-refractivity contribution < 1.29 is 9.53 Å². The molecule has 0 aliphatic heterocycles. The van der Waals surface area contributed by atoms with Gasteiger partial charge in [0.25, 0.3) is 0 Å². The fourth-order valence-corrected chi connectivity index (χ4v) is 1.31. The van der Waals surface area contributed by atoms with Crippen LogP contribution in [0.1, 0.15) is 12.5 Å². The third-order valence-corrected chi connectivity index (χ3v) is 2.24. The molecule has 1 rings (SSSR count). The first-order chi connectivity index (χ1) is 7.99. The predicted molar refractivity (Wildman–Crippen MR) is 69.1 cm³/mol. The van der Waals surface area contributed by atoms with Crippen LogP contribution in [0.25, 0.3) is 0 Å². The molecule has 0 fully saturated rings. The van der Waals surface area contributed by atoms with E-state index in [-0.39, 0.29) is 5.78 Å². The molecule has 0 spiro atoms. The first-order valence-corrected chi connectivity index (χ1v) is 5.61. The van der Waals surface area contributed by atoms with Gasteiger partial charge in [0.2, 0.25) is 0 Å². The first kappa shape index (κ1) is 13.3. The Morgan fingerprint density at radius 2 is 2.12 bits per heavy atom. The Kier molecular flexibility index (Phi) is 4.76. The number of hydrogen-bond donors (Lipinski definition) is 0. The monoisotopic (exact) mass is 233 g/mol. The van der Waals surface area contributed by atoms with E-state index in [9.17, 15) is 4.79 Å². The van der Waals surface area contributed by atoms with Gasteiger partial charge in [-0.25, -0.2) is 0 Å². The number of ether oxygens (including phenoxy) is 1. The lowest BCUT2D eigenvalue weighted by molar-refractivity contribution is -0.120. The van der Waals surface area contributed by atoms with E-state index in [2.05, 4.69) is 0 Å². The maximum absolute atomic E-state index is 11.7. The van der Waals surface area contributed by atoms with Gasteiger partial charge in [0.05, 0.1) is 0 Å². The molecule has 3 nitrogen and oxygen atoms in total. The molecular weight excluding hydrogens is 214 g/mol. The van der Waals surface area contributed by atoms with E-state index in [1.54, 1.807) is 13.1 Å². The van der Waals surface area contributed by atoms with Crippen LogP contribution in [0, 0.1) is 6.92 Å². The molecule has 1 aromatic carbocycles. The Bertz CT molecular complexity index is 410. The van der Waals surface area contributed by atoms with Crippen LogP contribution in [0.4, 0.5) is 0 Å². The van der Waals surface area contributed by atoms with Gasteiger partial charge in [-0.2, -0.15) is 0 Å². The van der Waals surface area contributed by atoms with Gasteiger partial charge in [-0.05, 0) is 31.5 Å². The second-order valence-electron chi connectivity index (χ2n) is 4.26. The smallest absolute Gasteiger partial charge is 0.197 e. The van der Waals surface area contributed by atoms with Crippen molar-refractivity contribution in [1.29, 1.82) is 0 Å². The van der Waals surface area contributed by atoms with Gasteiger partial charge in [-0.1, -0.05) is 12.1 Å². The highest BCUT2D eigenvalue weighted by atomic mass is 16.5. The van der Waals surface area contributed by atoms with E-state index in [0.29, 0.717) is 0 Å². The number of aryl methyl sites for hydroxylation is 1. The summed E-state index contributed by atoms with van der Waals surface area (Å²) in [5.41, 5.74) is 1.12. The maximum Gasteiger partial charge on any atom is 0.197 e. The Morgan fingerprint density at radius 3 is 2.71 bits per heavy atom. The Morgan fingerprint density at radius 1 is 1.41 bits per heavy atom. The summed E-state index contributed by atoms with van der Waals surface area (Å²) in [5, 5.41) is 0. The van der Waals surface area contributed by atoms with Gasteiger partial charge >= 0.3 is 0 Å². The topological polar surface area (TPSA) is 29.5 Å². The van der Waals surface area contributed by atoms with Crippen LogP contribution in [0.3, 0.4) is 0 Å². The molecule has 0 aliphatic rings. The quantitative estimate of drug-likeness (QED) is 0.731. The van der Waals surface area contributed by atoms with Crippen molar-refractivity contribution in [2.45, 2.75) is 20.0 Å². The number of ketones is 1. The summed E-state index contributed by atoms with van der Waals surface area (Å²) in [6.07, 6.45) is 2.78. The number of rotatable bonds is 5. The molecule has 0 heterocycles. The minimum Gasteiger partial charge on any atom is -0.483 e. The summed E-state index contributed by atoms with van der Waals surface area (Å²) in [7, 11) is 3.74. The van der Waals surface area contributed by atoms with Gasteiger partial charge in [0.15, 0.2) is 11.9 Å². The van der Waals surface area contributed by atoms with Crippen molar-refractivity contribution in [2.75, 3.05) is 14.1 Å². The highest BCUT2D eigenvalue weighted by Gasteiger charge is 2.11. The van der Waals surface area contributed by atoms with E-state index in [4.69, 9.17) is 4.74 Å². The molecule has 0 bridgehead atoms. The van der Waals surface area contributed by atoms with Gasteiger partial charge < -0.3 is 9.64 Å². The van der Waals surface area contributed by atoms with Crippen LogP contribution in [-0.2, 0) is 4.79 Å². The largest absolute Gasteiger partial charge is 0.483 e. The molecule has 3 heteroatoms. The SMILES string of the molecule is Cc1cccc(OC(C)C(=O)C=CN(C)C)c1. The van der Waals surface area contributed by atoms with E-state index < -0.39 is 6.10 Å². The van der Waals surface area contributed by atoms with E-state index in [1.807, 2.05) is 50.2 Å². The standard InChI is InChI=1S/C14H19NO2/c1-11-6-5-7-13(10-11)17-12(2)14(16)8-9-15(3)4/h5-10,12H,1-4H3. The molecule has 0 aliphatic carbocycles. The second-order valence-corrected chi connectivity index (χ2v) is 4.26. The lowest BCUT2D eigenvalue weighted by Crippen LogP contribution is -2.22. The summed E-state index contributed by atoms with van der Waals surface area (Å²) in [6, 6.07) is 7.68. The molecule has 92 valence electrons. The normalized spacial score (nSPS) is 12.5. The number of nitrogens with zero attached hydrogens (tertiary/aromatic N) is 1. The van der Waals surface area contributed by atoms with Crippen molar-refractivity contribution in [3.05, 3.63) is 42.1 Å².